The van der Waals surface area contributed by atoms with Gasteiger partial charge in [0.2, 0.25) is 5.82 Å². The number of aromatic amines is 1. The zero-order chi connectivity index (χ0) is 14.7. The topological polar surface area (TPSA) is 99.8 Å². The molecule has 0 spiro atoms. The number of anilines is 1. The Labute approximate surface area is 115 Å². The Morgan fingerprint density at radius 3 is 2.55 bits per heavy atom. The van der Waals surface area contributed by atoms with E-state index in [-0.39, 0.29) is 11.7 Å². The van der Waals surface area contributed by atoms with Crippen molar-refractivity contribution in [3.8, 4) is 0 Å². The van der Waals surface area contributed by atoms with Gasteiger partial charge in [-0.15, -0.1) is 5.10 Å². The highest BCUT2D eigenvalue weighted by molar-refractivity contribution is 6.03. The van der Waals surface area contributed by atoms with Gasteiger partial charge in [-0.05, 0) is 31.5 Å². The summed E-state index contributed by atoms with van der Waals surface area (Å²) in [7, 11) is 1.55. The molecule has 0 saturated carbocycles. The van der Waals surface area contributed by atoms with Crippen molar-refractivity contribution in [1.82, 2.24) is 20.5 Å². The van der Waals surface area contributed by atoms with Gasteiger partial charge in [-0.1, -0.05) is 6.07 Å². The van der Waals surface area contributed by atoms with Crippen LogP contribution in [0.3, 0.4) is 0 Å². The Balaban J connectivity index is 2.24. The van der Waals surface area contributed by atoms with E-state index in [0.717, 1.165) is 5.56 Å². The molecule has 0 atom stereocenters. The lowest BCUT2D eigenvalue weighted by atomic mass is 10.1. The first-order valence-corrected chi connectivity index (χ1v) is 6.04. The molecular formula is C13H15N5O2. The summed E-state index contributed by atoms with van der Waals surface area (Å²) in [5.74, 6) is -0.0148. The van der Waals surface area contributed by atoms with Gasteiger partial charge >= 0.3 is 0 Å². The van der Waals surface area contributed by atoms with E-state index < -0.39 is 5.91 Å². The standard InChI is InChI=1S/C13H15N5O2/c1-7-4-5-9(12(19)14-3)6-10(7)16-13(20)11-15-8(2)17-18-11/h4-6H,1-3H3,(H,14,19)(H,16,20)(H,15,17,18). The fourth-order valence-electron chi connectivity index (χ4n) is 1.66. The van der Waals surface area contributed by atoms with Crippen LogP contribution < -0.4 is 10.6 Å². The SMILES string of the molecule is CNC(=O)c1ccc(C)c(NC(=O)c2n[nH]c(C)n2)c1. The van der Waals surface area contributed by atoms with E-state index in [1.165, 1.54) is 0 Å². The van der Waals surface area contributed by atoms with E-state index in [0.29, 0.717) is 17.1 Å². The third kappa shape index (κ3) is 2.82. The van der Waals surface area contributed by atoms with E-state index in [4.69, 9.17) is 0 Å². The third-order valence-electron chi connectivity index (χ3n) is 2.78. The summed E-state index contributed by atoms with van der Waals surface area (Å²) >= 11 is 0. The van der Waals surface area contributed by atoms with Crippen molar-refractivity contribution < 1.29 is 9.59 Å². The lowest BCUT2D eigenvalue weighted by molar-refractivity contribution is 0.0961. The summed E-state index contributed by atoms with van der Waals surface area (Å²) < 4.78 is 0. The molecule has 7 heteroatoms. The van der Waals surface area contributed by atoms with Crippen molar-refractivity contribution in [3.05, 3.63) is 41.0 Å². The van der Waals surface area contributed by atoms with E-state index >= 15 is 0 Å². The summed E-state index contributed by atoms with van der Waals surface area (Å²) in [5, 5.41) is 11.6. The molecule has 0 fully saturated rings. The van der Waals surface area contributed by atoms with Gasteiger partial charge in [0, 0.05) is 18.3 Å². The monoisotopic (exact) mass is 273 g/mol. The highest BCUT2D eigenvalue weighted by Crippen LogP contribution is 2.17. The van der Waals surface area contributed by atoms with Crippen LogP contribution in [0.15, 0.2) is 18.2 Å². The number of rotatable bonds is 3. The molecule has 1 heterocycles. The average Bonchev–Trinajstić information content (AvgIpc) is 2.87. The molecule has 2 rings (SSSR count). The Morgan fingerprint density at radius 2 is 1.95 bits per heavy atom. The maximum atomic E-state index is 12.0. The first-order chi connectivity index (χ1) is 9.51. The number of carbonyl (C=O) groups is 2. The number of hydrogen-bond acceptors (Lipinski definition) is 4. The number of aryl methyl sites for hydroxylation is 2. The Kier molecular flexibility index (Phi) is 3.79. The van der Waals surface area contributed by atoms with Crippen molar-refractivity contribution >= 4 is 17.5 Å². The summed E-state index contributed by atoms with van der Waals surface area (Å²) in [4.78, 5) is 27.5. The molecule has 1 aromatic carbocycles. The first kappa shape index (κ1) is 13.7. The average molecular weight is 273 g/mol. The molecule has 0 saturated heterocycles. The molecule has 0 unspecified atom stereocenters. The van der Waals surface area contributed by atoms with Gasteiger partial charge in [-0.25, -0.2) is 4.98 Å². The number of nitrogens with zero attached hydrogens (tertiary/aromatic N) is 2. The van der Waals surface area contributed by atoms with Crippen molar-refractivity contribution in [2.75, 3.05) is 12.4 Å². The first-order valence-electron chi connectivity index (χ1n) is 6.04. The van der Waals surface area contributed by atoms with Crippen LogP contribution in [0, 0.1) is 13.8 Å². The second kappa shape index (κ2) is 5.52. The van der Waals surface area contributed by atoms with Gasteiger partial charge in [-0.3, -0.25) is 14.7 Å². The lowest BCUT2D eigenvalue weighted by Gasteiger charge is -2.08. The van der Waals surface area contributed by atoms with Gasteiger partial charge in [0.1, 0.15) is 5.82 Å². The Bertz CT molecular complexity index is 663. The molecule has 104 valence electrons. The van der Waals surface area contributed by atoms with Crippen molar-refractivity contribution in [3.63, 3.8) is 0 Å². The van der Waals surface area contributed by atoms with E-state index in [1.807, 2.05) is 6.92 Å². The number of carbonyl (C=O) groups excluding carboxylic acids is 2. The molecule has 2 aromatic rings. The second-order valence-electron chi connectivity index (χ2n) is 4.31. The molecule has 7 nitrogen and oxygen atoms in total. The minimum Gasteiger partial charge on any atom is -0.355 e. The third-order valence-corrected chi connectivity index (χ3v) is 2.78. The Morgan fingerprint density at radius 1 is 1.20 bits per heavy atom. The maximum Gasteiger partial charge on any atom is 0.295 e. The number of hydrogen-bond donors (Lipinski definition) is 3. The predicted octanol–water partition coefficient (Wildman–Crippen LogP) is 1.03. The van der Waals surface area contributed by atoms with Crippen molar-refractivity contribution in [2.24, 2.45) is 0 Å². The second-order valence-corrected chi connectivity index (χ2v) is 4.31. The summed E-state index contributed by atoms with van der Waals surface area (Å²) in [6, 6.07) is 5.08. The van der Waals surface area contributed by atoms with Gasteiger partial charge in [-0.2, -0.15) is 0 Å². The van der Waals surface area contributed by atoms with E-state index in [2.05, 4.69) is 25.8 Å². The molecular weight excluding hydrogens is 258 g/mol. The normalized spacial score (nSPS) is 10.2. The Hall–Kier alpha value is -2.70. The number of benzene rings is 1. The van der Waals surface area contributed by atoms with Crippen molar-refractivity contribution in [2.45, 2.75) is 13.8 Å². The molecule has 2 amide bonds. The predicted molar refractivity (Wildman–Crippen MR) is 73.6 cm³/mol. The quantitative estimate of drug-likeness (QED) is 0.777. The van der Waals surface area contributed by atoms with Crippen LogP contribution >= 0.6 is 0 Å². The summed E-state index contributed by atoms with van der Waals surface area (Å²) in [5.41, 5.74) is 1.87. The molecule has 1 aromatic heterocycles. The highest BCUT2D eigenvalue weighted by atomic mass is 16.2. The van der Waals surface area contributed by atoms with Crippen LogP contribution in [-0.4, -0.2) is 34.0 Å². The van der Waals surface area contributed by atoms with Crippen LogP contribution in [0.25, 0.3) is 0 Å². The van der Waals surface area contributed by atoms with Gasteiger partial charge in [0.05, 0.1) is 0 Å². The minimum atomic E-state index is -0.425. The van der Waals surface area contributed by atoms with Crippen LogP contribution in [-0.2, 0) is 0 Å². The smallest absolute Gasteiger partial charge is 0.295 e. The van der Waals surface area contributed by atoms with E-state index in [1.54, 1.807) is 32.2 Å². The zero-order valence-electron chi connectivity index (χ0n) is 11.4. The highest BCUT2D eigenvalue weighted by Gasteiger charge is 2.14. The largest absolute Gasteiger partial charge is 0.355 e. The molecule has 0 radical (unpaired) electrons. The molecule has 0 bridgehead atoms. The number of H-pyrrole nitrogens is 1. The van der Waals surface area contributed by atoms with Crippen LogP contribution in [0.2, 0.25) is 0 Å². The van der Waals surface area contributed by atoms with Gasteiger partial charge in [0.25, 0.3) is 11.8 Å². The van der Waals surface area contributed by atoms with Crippen LogP contribution in [0.4, 0.5) is 5.69 Å². The van der Waals surface area contributed by atoms with Crippen LogP contribution in [0.5, 0.6) is 0 Å². The number of nitrogens with one attached hydrogen (secondary N) is 3. The maximum absolute atomic E-state index is 12.0. The molecule has 0 aliphatic carbocycles. The number of aromatic nitrogens is 3. The van der Waals surface area contributed by atoms with Gasteiger partial charge < -0.3 is 10.6 Å². The van der Waals surface area contributed by atoms with Crippen LogP contribution in [0.1, 0.15) is 32.4 Å². The van der Waals surface area contributed by atoms with E-state index in [9.17, 15) is 9.59 Å². The zero-order valence-corrected chi connectivity index (χ0v) is 11.4. The lowest BCUT2D eigenvalue weighted by Crippen LogP contribution is -2.19. The number of amides is 2. The summed E-state index contributed by atoms with van der Waals surface area (Å²) in [6.07, 6.45) is 0. The molecule has 3 N–H and O–H groups in total. The summed E-state index contributed by atoms with van der Waals surface area (Å²) in [6.45, 7) is 3.55. The van der Waals surface area contributed by atoms with Gasteiger partial charge in [0.15, 0.2) is 0 Å². The molecule has 0 aliphatic rings. The molecule has 20 heavy (non-hydrogen) atoms. The van der Waals surface area contributed by atoms with Crippen molar-refractivity contribution in [1.29, 1.82) is 0 Å². The fourth-order valence-corrected chi connectivity index (χ4v) is 1.66. The minimum absolute atomic E-state index is 0.0623. The molecule has 0 aliphatic heterocycles. The fraction of sp³-hybridized carbons (Fsp3) is 0.231.